The van der Waals surface area contributed by atoms with E-state index in [1.165, 1.54) is 6.42 Å². The Bertz CT molecular complexity index is 572. The van der Waals surface area contributed by atoms with E-state index in [9.17, 15) is 9.59 Å². The van der Waals surface area contributed by atoms with Crippen molar-refractivity contribution in [1.29, 1.82) is 0 Å². The number of carbonyl (C=O) groups excluding carboxylic acids is 2. The number of hydrogen-bond acceptors (Lipinski definition) is 4. The fourth-order valence-electron chi connectivity index (χ4n) is 3.16. The smallest absolute Gasteiger partial charge is 0.342 e. The highest BCUT2D eigenvalue weighted by molar-refractivity contribution is 5.94. The Morgan fingerprint density at radius 1 is 1.21 bits per heavy atom. The van der Waals surface area contributed by atoms with Crippen LogP contribution in [-0.4, -0.2) is 31.1 Å². The summed E-state index contributed by atoms with van der Waals surface area (Å²) in [4.78, 5) is 24.3. The summed E-state index contributed by atoms with van der Waals surface area (Å²) in [6.07, 6.45) is 3.31. The molecular weight excluding hydrogens is 306 g/mol. The van der Waals surface area contributed by atoms with E-state index in [2.05, 4.69) is 19.2 Å². The maximum atomic E-state index is 12.2. The molecule has 1 aromatic carbocycles. The van der Waals surface area contributed by atoms with Gasteiger partial charge in [0, 0.05) is 6.04 Å². The molecule has 1 fully saturated rings. The number of nitrogens with one attached hydrogen (secondary N) is 1. The molecule has 0 bridgehead atoms. The highest BCUT2D eigenvalue weighted by Gasteiger charge is 2.28. The van der Waals surface area contributed by atoms with Gasteiger partial charge in [-0.15, -0.1) is 0 Å². The Morgan fingerprint density at radius 3 is 2.71 bits per heavy atom. The number of esters is 1. The highest BCUT2D eigenvalue weighted by atomic mass is 16.5. The maximum Gasteiger partial charge on any atom is 0.342 e. The average molecular weight is 333 g/mol. The van der Waals surface area contributed by atoms with Gasteiger partial charge in [0.05, 0.1) is 6.61 Å². The number of ether oxygens (including phenoxy) is 2. The first-order valence-electron chi connectivity index (χ1n) is 8.71. The van der Waals surface area contributed by atoms with Crippen molar-refractivity contribution in [3.63, 3.8) is 0 Å². The summed E-state index contributed by atoms with van der Waals surface area (Å²) in [5.41, 5.74) is 0.340. The van der Waals surface area contributed by atoms with Crippen LogP contribution >= 0.6 is 0 Å². The summed E-state index contributed by atoms with van der Waals surface area (Å²) in [7, 11) is 0. The monoisotopic (exact) mass is 333 g/mol. The summed E-state index contributed by atoms with van der Waals surface area (Å²) in [6, 6.07) is 7.04. The molecule has 1 aliphatic carbocycles. The van der Waals surface area contributed by atoms with Crippen LogP contribution in [0.1, 0.15) is 50.4 Å². The molecule has 2 rings (SSSR count). The van der Waals surface area contributed by atoms with E-state index >= 15 is 0 Å². The minimum absolute atomic E-state index is 0.163. The second-order valence-corrected chi connectivity index (χ2v) is 6.45. The van der Waals surface area contributed by atoms with Crippen LogP contribution in [0, 0.1) is 11.8 Å². The number of amides is 1. The van der Waals surface area contributed by atoms with Crippen molar-refractivity contribution in [2.24, 2.45) is 11.8 Å². The van der Waals surface area contributed by atoms with Crippen molar-refractivity contribution in [2.75, 3.05) is 13.2 Å². The summed E-state index contributed by atoms with van der Waals surface area (Å²) < 4.78 is 10.6. The first-order chi connectivity index (χ1) is 11.5. The molecule has 5 nitrogen and oxygen atoms in total. The van der Waals surface area contributed by atoms with E-state index in [-0.39, 0.29) is 18.6 Å². The zero-order chi connectivity index (χ0) is 17.5. The lowest BCUT2D eigenvalue weighted by molar-refractivity contribution is -0.125. The second-order valence-electron chi connectivity index (χ2n) is 6.45. The number of benzene rings is 1. The lowest BCUT2D eigenvalue weighted by atomic mass is 9.78. The standard InChI is InChI=1S/C19H27NO4/c1-4-23-17-11-6-5-9-15(17)19(22)24-12-18(21)20-16-10-7-8-13(2)14(16)3/h5-6,9,11,13-14,16H,4,7-8,10,12H2,1-3H3,(H,20,21)/t13-,14-,16-/m0/s1. The van der Waals surface area contributed by atoms with Crippen molar-refractivity contribution < 1.29 is 19.1 Å². The third kappa shape index (κ3) is 4.73. The number of carbonyl (C=O) groups is 2. The molecule has 0 aliphatic heterocycles. The molecule has 5 heteroatoms. The fourth-order valence-corrected chi connectivity index (χ4v) is 3.16. The van der Waals surface area contributed by atoms with Gasteiger partial charge in [0.1, 0.15) is 11.3 Å². The molecule has 1 aliphatic rings. The molecule has 1 N–H and O–H groups in total. The molecule has 0 radical (unpaired) electrons. The van der Waals surface area contributed by atoms with Gasteiger partial charge in [-0.1, -0.05) is 38.8 Å². The predicted octanol–water partition coefficient (Wildman–Crippen LogP) is 3.18. The number of rotatable bonds is 6. The predicted molar refractivity (Wildman–Crippen MR) is 92.0 cm³/mol. The van der Waals surface area contributed by atoms with Gasteiger partial charge >= 0.3 is 5.97 Å². The Balaban J connectivity index is 1.86. The average Bonchev–Trinajstić information content (AvgIpc) is 2.58. The molecule has 3 atom stereocenters. The van der Waals surface area contributed by atoms with E-state index in [0.717, 1.165) is 12.8 Å². The van der Waals surface area contributed by atoms with Crippen LogP contribution in [0.15, 0.2) is 24.3 Å². The van der Waals surface area contributed by atoms with Crippen molar-refractivity contribution >= 4 is 11.9 Å². The van der Waals surface area contributed by atoms with E-state index in [4.69, 9.17) is 9.47 Å². The molecule has 1 saturated carbocycles. The normalized spacial score (nSPS) is 23.4. The van der Waals surface area contributed by atoms with Crippen LogP contribution in [-0.2, 0) is 9.53 Å². The Kier molecular flexibility index (Phi) is 6.64. The van der Waals surface area contributed by atoms with Gasteiger partial charge in [0.2, 0.25) is 0 Å². The van der Waals surface area contributed by atoms with Gasteiger partial charge < -0.3 is 14.8 Å². The molecule has 24 heavy (non-hydrogen) atoms. The number of para-hydroxylation sites is 1. The van der Waals surface area contributed by atoms with Crippen LogP contribution in [0.2, 0.25) is 0 Å². The van der Waals surface area contributed by atoms with Crippen molar-refractivity contribution in [1.82, 2.24) is 5.32 Å². The zero-order valence-electron chi connectivity index (χ0n) is 14.7. The van der Waals surface area contributed by atoms with Crippen LogP contribution in [0.4, 0.5) is 0 Å². The van der Waals surface area contributed by atoms with Crippen molar-refractivity contribution in [3.8, 4) is 5.75 Å². The molecule has 0 unspecified atom stereocenters. The quantitative estimate of drug-likeness (QED) is 0.812. The van der Waals surface area contributed by atoms with Gasteiger partial charge in [0.25, 0.3) is 5.91 Å². The van der Waals surface area contributed by atoms with Gasteiger partial charge in [0.15, 0.2) is 6.61 Å². The topological polar surface area (TPSA) is 64.6 Å². The van der Waals surface area contributed by atoms with Crippen molar-refractivity contribution in [2.45, 2.75) is 46.1 Å². The minimum Gasteiger partial charge on any atom is -0.493 e. The van der Waals surface area contributed by atoms with E-state index in [1.807, 2.05) is 6.92 Å². The molecule has 0 heterocycles. The Hall–Kier alpha value is -2.04. The summed E-state index contributed by atoms with van der Waals surface area (Å²) in [6.45, 7) is 6.42. The summed E-state index contributed by atoms with van der Waals surface area (Å²) >= 11 is 0. The highest BCUT2D eigenvalue weighted by Crippen LogP contribution is 2.29. The molecule has 0 aromatic heterocycles. The molecule has 0 saturated heterocycles. The molecule has 1 amide bonds. The lowest BCUT2D eigenvalue weighted by Gasteiger charge is -2.34. The minimum atomic E-state index is -0.542. The van der Waals surface area contributed by atoms with E-state index in [1.54, 1.807) is 24.3 Å². The van der Waals surface area contributed by atoms with Crippen molar-refractivity contribution in [3.05, 3.63) is 29.8 Å². The molecular formula is C19H27NO4. The maximum absolute atomic E-state index is 12.2. The Labute approximate surface area is 143 Å². The van der Waals surface area contributed by atoms with Gasteiger partial charge in [-0.2, -0.15) is 0 Å². The van der Waals surface area contributed by atoms with Gasteiger partial charge in [-0.25, -0.2) is 4.79 Å². The molecule has 1 aromatic rings. The van der Waals surface area contributed by atoms with Crippen LogP contribution in [0.5, 0.6) is 5.75 Å². The second kappa shape index (κ2) is 8.71. The first kappa shape index (κ1) is 18.3. The van der Waals surface area contributed by atoms with Gasteiger partial charge in [-0.05, 0) is 37.3 Å². The zero-order valence-corrected chi connectivity index (χ0v) is 14.7. The molecule has 0 spiro atoms. The Morgan fingerprint density at radius 2 is 1.96 bits per heavy atom. The summed E-state index contributed by atoms with van der Waals surface area (Å²) in [5.74, 6) is 0.726. The van der Waals surface area contributed by atoms with Crippen LogP contribution < -0.4 is 10.1 Å². The van der Waals surface area contributed by atoms with Crippen LogP contribution in [0.3, 0.4) is 0 Å². The lowest BCUT2D eigenvalue weighted by Crippen LogP contribution is -2.45. The van der Waals surface area contributed by atoms with Crippen LogP contribution in [0.25, 0.3) is 0 Å². The largest absolute Gasteiger partial charge is 0.493 e. The summed E-state index contributed by atoms with van der Waals surface area (Å²) in [5, 5.41) is 3.00. The van der Waals surface area contributed by atoms with E-state index < -0.39 is 5.97 Å². The first-order valence-corrected chi connectivity index (χ1v) is 8.71. The SMILES string of the molecule is CCOc1ccccc1C(=O)OCC(=O)N[C@H]1CCC[C@H](C)[C@@H]1C. The van der Waals surface area contributed by atoms with Gasteiger partial charge in [-0.3, -0.25) is 4.79 Å². The third-order valence-corrected chi connectivity index (χ3v) is 4.79. The number of hydrogen-bond donors (Lipinski definition) is 1. The third-order valence-electron chi connectivity index (χ3n) is 4.79. The molecule has 132 valence electrons. The fraction of sp³-hybridized carbons (Fsp3) is 0.579. The van der Waals surface area contributed by atoms with E-state index in [0.29, 0.717) is 29.8 Å².